The van der Waals surface area contributed by atoms with Crippen LogP contribution in [-0.4, -0.2) is 47.8 Å². The second-order valence-corrected chi connectivity index (χ2v) is 3.43. The molecule has 0 spiro atoms. The molecule has 0 bridgehead atoms. The molecule has 1 saturated heterocycles. The molecule has 13 heavy (non-hydrogen) atoms. The summed E-state index contributed by atoms with van der Waals surface area (Å²) in [6.45, 7) is 4.57. The quantitative estimate of drug-likeness (QED) is 0.653. The highest BCUT2D eigenvalue weighted by atomic mass is 16.6. The standard InChI is InChI=1S/C9H18O4/c1-3-4-12-9-7(10)5-13-6(2)8(9)11/h6-11H,3-5H2,1-2H3/t6-,7-,8-,9-/m0/s1. The van der Waals surface area contributed by atoms with E-state index in [9.17, 15) is 10.2 Å². The molecule has 0 aliphatic carbocycles. The Kier molecular flexibility index (Phi) is 4.12. The summed E-state index contributed by atoms with van der Waals surface area (Å²) < 4.78 is 10.5. The van der Waals surface area contributed by atoms with Crippen LogP contribution in [0.4, 0.5) is 0 Å². The van der Waals surface area contributed by atoms with Crippen molar-refractivity contribution in [3.63, 3.8) is 0 Å². The van der Waals surface area contributed by atoms with E-state index in [2.05, 4.69) is 0 Å². The molecular formula is C9H18O4. The van der Waals surface area contributed by atoms with Gasteiger partial charge in [0.1, 0.15) is 18.3 Å². The van der Waals surface area contributed by atoms with E-state index in [0.717, 1.165) is 6.42 Å². The van der Waals surface area contributed by atoms with Crippen molar-refractivity contribution in [2.45, 2.75) is 44.7 Å². The third-order valence-electron chi connectivity index (χ3n) is 2.24. The lowest BCUT2D eigenvalue weighted by molar-refractivity contribution is -0.199. The largest absolute Gasteiger partial charge is 0.388 e. The Balaban J connectivity index is 2.45. The van der Waals surface area contributed by atoms with Crippen LogP contribution in [0.5, 0.6) is 0 Å². The van der Waals surface area contributed by atoms with E-state index in [1.807, 2.05) is 6.92 Å². The zero-order valence-electron chi connectivity index (χ0n) is 8.14. The molecule has 0 unspecified atom stereocenters. The van der Waals surface area contributed by atoms with Gasteiger partial charge in [-0.1, -0.05) is 6.92 Å². The molecular weight excluding hydrogens is 172 g/mol. The van der Waals surface area contributed by atoms with E-state index in [4.69, 9.17) is 9.47 Å². The number of ether oxygens (including phenoxy) is 2. The van der Waals surface area contributed by atoms with Crippen LogP contribution in [0.3, 0.4) is 0 Å². The topological polar surface area (TPSA) is 58.9 Å². The Bertz CT molecular complexity index is 151. The van der Waals surface area contributed by atoms with Crippen LogP contribution in [0.2, 0.25) is 0 Å². The number of rotatable bonds is 3. The molecule has 2 N–H and O–H groups in total. The fourth-order valence-electron chi connectivity index (χ4n) is 1.40. The number of hydrogen-bond donors (Lipinski definition) is 2. The Morgan fingerprint density at radius 2 is 2.15 bits per heavy atom. The summed E-state index contributed by atoms with van der Waals surface area (Å²) in [4.78, 5) is 0. The maximum Gasteiger partial charge on any atom is 0.114 e. The van der Waals surface area contributed by atoms with Gasteiger partial charge in [-0.25, -0.2) is 0 Å². The summed E-state index contributed by atoms with van der Waals surface area (Å²) in [5.41, 5.74) is 0. The van der Waals surface area contributed by atoms with Crippen LogP contribution in [-0.2, 0) is 9.47 Å². The van der Waals surface area contributed by atoms with Gasteiger partial charge in [0.2, 0.25) is 0 Å². The van der Waals surface area contributed by atoms with Crippen LogP contribution < -0.4 is 0 Å². The first kappa shape index (κ1) is 10.9. The van der Waals surface area contributed by atoms with Gasteiger partial charge in [0.25, 0.3) is 0 Å². The maximum atomic E-state index is 9.62. The lowest BCUT2D eigenvalue weighted by Crippen LogP contribution is -2.53. The average Bonchev–Trinajstić information content (AvgIpc) is 2.12. The molecule has 0 aromatic rings. The third kappa shape index (κ3) is 2.64. The molecule has 1 rings (SSSR count). The summed E-state index contributed by atoms with van der Waals surface area (Å²) in [5.74, 6) is 0. The molecule has 1 aliphatic heterocycles. The Labute approximate surface area is 78.5 Å². The second kappa shape index (κ2) is 4.91. The molecule has 4 atom stereocenters. The highest BCUT2D eigenvalue weighted by Gasteiger charge is 2.36. The van der Waals surface area contributed by atoms with Gasteiger partial charge in [-0.15, -0.1) is 0 Å². The number of aliphatic hydroxyl groups is 2. The molecule has 4 nitrogen and oxygen atoms in total. The Morgan fingerprint density at radius 3 is 2.77 bits per heavy atom. The van der Waals surface area contributed by atoms with Gasteiger partial charge in [0, 0.05) is 6.61 Å². The second-order valence-electron chi connectivity index (χ2n) is 3.43. The highest BCUT2D eigenvalue weighted by Crippen LogP contribution is 2.18. The zero-order valence-corrected chi connectivity index (χ0v) is 8.14. The monoisotopic (exact) mass is 190 g/mol. The van der Waals surface area contributed by atoms with Gasteiger partial charge in [-0.2, -0.15) is 0 Å². The van der Waals surface area contributed by atoms with E-state index in [1.165, 1.54) is 0 Å². The van der Waals surface area contributed by atoms with Crippen molar-refractivity contribution in [2.75, 3.05) is 13.2 Å². The van der Waals surface area contributed by atoms with Gasteiger partial charge in [-0.05, 0) is 13.3 Å². The molecule has 0 aromatic carbocycles. The smallest absolute Gasteiger partial charge is 0.114 e. The van der Waals surface area contributed by atoms with Crippen molar-refractivity contribution in [1.29, 1.82) is 0 Å². The van der Waals surface area contributed by atoms with E-state index >= 15 is 0 Å². The summed E-state index contributed by atoms with van der Waals surface area (Å²) in [7, 11) is 0. The Hall–Kier alpha value is -0.160. The van der Waals surface area contributed by atoms with Crippen molar-refractivity contribution in [1.82, 2.24) is 0 Å². The first-order valence-electron chi connectivity index (χ1n) is 4.76. The molecule has 1 fully saturated rings. The Morgan fingerprint density at radius 1 is 1.46 bits per heavy atom. The number of hydrogen-bond acceptors (Lipinski definition) is 4. The predicted octanol–water partition coefficient (Wildman–Crippen LogP) is -0.0779. The lowest BCUT2D eigenvalue weighted by atomic mass is 10.0. The minimum Gasteiger partial charge on any atom is -0.388 e. The van der Waals surface area contributed by atoms with E-state index < -0.39 is 18.3 Å². The molecule has 78 valence electrons. The molecule has 0 saturated carbocycles. The first-order valence-corrected chi connectivity index (χ1v) is 4.76. The summed E-state index contributed by atoms with van der Waals surface area (Å²) in [5, 5.41) is 19.1. The molecule has 4 heteroatoms. The van der Waals surface area contributed by atoms with Crippen LogP contribution in [0.25, 0.3) is 0 Å². The molecule has 1 aliphatic rings. The van der Waals surface area contributed by atoms with Gasteiger partial charge >= 0.3 is 0 Å². The first-order chi connectivity index (χ1) is 6.16. The van der Waals surface area contributed by atoms with Crippen LogP contribution in [0.1, 0.15) is 20.3 Å². The van der Waals surface area contributed by atoms with Gasteiger partial charge in [0.05, 0.1) is 12.7 Å². The molecule has 0 amide bonds. The van der Waals surface area contributed by atoms with Crippen molar-refractivity contribution < 1.29 is 19.7 Å². The van der Waals surface area contributed by atoms with Crippen molar-refractivity contribution in [2.24, 2.45) is 0 Å². The van der Waals surface area contributed by atoms with Crippen LogP contribution in [0.15, 0.2) is 0 Å². The summed E-state index contributed by atoms with van der Waals surface area (Å²) in [6.07, 6.45) is -1.31. The SMILES string of the molecule is CCCO[C@@H]1[C@@H](O)[C@H](C)OC[C@@H]1O. The van der Waals surface area contributed by atoms with Crippen LogP contribution in [0, 0.1) is 0 Å². The summed E-state index contributed by atoms with van der Waals surface area (Å²) >= 11 is 0. The van der Waals surface area contributed by atoms with Gasteiger partial charge in [0.15, 0.2) is 0 Å². The van der Waals surface area contributed by atoms with Crippen molar-refractivity contribution in [3.8, 4) is 0 Å². The summed E-state index contributed by atoms with van der Waals surface area (Å²) in [6, 6.07) is 0. The minimum atomic E-state index is -0.727. The molecule has 0 radical (unpaired) electrons. The van der Waals surface area contributed by atoms with Crippen molar-refractivity contribution in [3.05, 3.63) is 0 Å². The zero-order chi connectivity index (χ0) is 9.84. The average molecular weight is 190 g/mol. The normalized spacial score (nSPS) is 40.6. The maximum absolute atomic E-state index is 9.62. The van der Waals surface area contributed by atoms with E-state index in [0.29, 0.717) is 6.61 Å². The van der Waals surface area contributed by atoms with E-state index in [1.54, 1.807) is 6.92 Å². The van der Waals surface area contributed by atoms with E-state index in [-0.39, 0.29) is 12.7 Å². The third-order valence-corrected chi connectivity index (χ3v) is 2.24. The molecule has 1 heterocycles. The van der Waals surface area contributed by atoms with Gasteiger partial charge in [-0.3, -0.25) is 0 Å². The van der Waals surface area contributed by atoms with Gasteiger partial charge < -0.3 is 19.7 Å². The van der Waals surface area contributed by atoms with Crippen LogP contribution >= 0.6 is 0 Å². The number of aliphatic hydroxyl groups excluding tert-OH is 2. The minimum absolute atomic E-state index is 0.243. The fraction of sp³-hybridized carbons (Fsp3) is 1.00. The van der Waals surface area contributed by atoms with Crippen molar-refractivity contribution >= 4 is 0 Å². The highest BCUT2D eigenvalue weighted by molar-refractivity contribution is 4.85. The fourth-order valence-corrected chi connectivity index (χ4v) is 1.40. The molecule has 0 aromatic heterocycles. The predicted molar refractivity (Wildman–Crippen MR) is 47.5 cm³/mol. The lowest BCUT2D eigenvalue weighted by Gasteiger charge is -2.36.